The third-order valence-electron chi connectivity index (χ3n) is 8.11. The molecule has 0 spiro atoms. The van der Waals surface area contributed by atoms with Gasteiger partial charge in [-0.1, -0.05) is 50.1 Å². The lowest BCUT2D eigenvalue weighted by atomic mass is 9.78. The van der Waals surface area contributed by atoms with Crippen LogP contribution in [0.3, 0.4) is 0 Å². The van der Waals surface area contributed by atoms with E-state index in [1.807, 2.05) is 30.3 Å². The fourth-order valence-electron chi connectivity index (χ4n) is 5.72. The summed E-state index contributed by atoms with van der Waals surface area (Å²) in [6.45, 7) is 1.99. The van der Waals surface area contributed by atoms with Crippen LogP contribution in [0.5, 0.6) is 0 Å². The van der Waals surface area contributed by atoms with Crippen molar-refractivity contribution in [2.75, 3.05) is 6.54 Å². The van der Waals surface area contributed by atoms with Gasteiger partial charge in [-0.3, -0.25) is 4.79 Å². The molecule has 1 unspecified atom stereocenters. The van der Waals surface area contributed by atoms with Gasteiger partial charge >= 0.3 is 12.3 Å². The molecule has 1 saturated heterocycles. The molecule has 1 saturated carbocycles. The predicted molar refractivity (Wildman–Crippen MR) is 141 cm³/mol. The number of aromatic nitrogens is 3. The van der Waals surface area contributed by atoms with Crippen molar-refractivity contribution in [1.29, 1.82) is 0 Å². The van der Waals surface area contributed by atoms with E-state index in [9.17, 15) is 22.8 Å². The molecule has 2 N–H and O–H groups in total. The summed E-state index contributed by atoms with van der Waals surface area (Å²) in [4.78, 5) is 29.8. The highest BCUT2D eigenvalue weighted by Gasteiger charge is 2.44. The second-order valence-corrected chi connectivity index (χ2v) is 11.1. The van der Waals surface area contributed by atoms with Crippen LogP contribution in [0.25, 0.3) is 5.65 Å². The first kappa shape index (κ1) is 27.9. The van der Waals surface area contributed by atoms with E-state index >= 15 is 0 Å². The van der Waals surface area contributed by atoms with Gasteiger partial charge in [0.15, 0.2) is 5.65 Å². The Labute approximate surface area is 230 Å². The lowest BCUT2D eigenvalue weighted by molar-refractivity contribution is -0.183. The third kappa shape index (κ3) is 6.74. The molecular weight excluding hydrogens is 523 g/mol. The molecule has 2 aromatic heterocycles. The number of nitrogens with zero attached hydrogens (tertiary/aromatic N) is 3. The molecule has 214 valence electrons. The summed E-state index contributed by atoms with van der Waals surface area (Å²) >= 11 is 0. The Balaban J connectivity index is 1.32. The monoisotopic (exact) mass is 557 g/mol. The summed E-state index contributed by atoms with van der Waals surface area (Å²) in [7, 11) is 0. The largest absolute Gasteiger partial charge is 0.445 e. The Kier molecular flexibility index (Phi) is 8.27. The molecule has 1 aromatic carbocycles. The van der Waals surface area contributed by atoms with Crippen molar-refractivity contribution in [3.05, 3.63) is 65.6 Å². The van der Waals surface area contributed by atoms with E-state index in [0.29, 0.717) is 23.0 Å². The smallest absolute Gasteiger partial charge is 0.408 e. The van der Waals surface area contributed by atoms with E-state index in [4.69, 9.17) is 9.72 Å². The number of carbonyl (C=O) groups is 2. The highest BCUT2D eigenvalue weighted by Crippen LogP contribution is 2.37. The summed E-state index contributed by atoms with van der Waals surface area (Å²) in [5, 5.41) is 9.97. The second kappa shape index (κ2) is 11.9. The average Bonchev–Trinajstić information content (AvgIpc) is 3.35. The molecule has 3 atom stereocenters. The summed E-state index contributed by atoms with van der Waals surface area (Å²) in [6.07, 6.45) is 0.684. The van der Waals surface area contributed by atoms with Gasteiger partial charge in [-0.25, -0.2) is 14.3 Å². The number of halogens is 3. The number of alkyl carbamates (subject to hydrolysis) is 1. The first-order chi connectivity index (χ1) is 19.2. The second-order valence-electron chi connectivity index (χ2n) is 11.1. The van der Waals surface area contributed by atoms with Gasteiger partial charge in [0.2, 0.25) is 5.91 Å². The molecule has 0 radical (unpaired) electrons. The van der Waals surface area contributed by atoms with Gasteiger partial charge in [-0.05, 0) is 48.8 Å². The molecule has 0 bridgehead atoms. The lowest BCUT2D eigenvalue weighted by Gasteiger charge is -2.32. The number of ether oxygens (including phenoxy) is 1. The maximum atomic E-state index is 13.2. The molecule has 5 rings (SSSR count). The quantitative estimate of drug-likeness (QED) is 0.407. The SMILES string of the molecule is CC1CCC([C@H](NC(=O)OCc2ccccc2)c2cn3nc(CC4C[C@@H](C(F)(F)F)CNC4=O)ccc3n2)CC1. The van der Waals surface area contributed by atoms with E-state index in [0.717, 1.165) is 31.2 Å². The zero-order valence-electron chi connectivity index (χ0n) is 22.4. The van der Waals surface area contributed by atoms with E-state index in [-0.39, 0.29) is 31.4 Å². The molecule has 8 nitrogen and oxygen atoms in total. The van der Waals surface area contributed by atoms with Crippen LogP contribution in [0.1, 0.15) is 62.0 Å². The van der Waals surface area contributed by atoms with Crippen LogP contribution < -0.4 is 10.6 Å². The Morgan fingerprint density at radius 2 is 1.90 bits per heavy atom. The number of fused-ring (bicyclic) bond motifs is 1. The molecule has 3 aromatic rings. The number of hydrogen-bond donors (Lipinski definition) is 2. The Bertz CT molecular complexity index is 1320. The fourth-order valence-corrected chi connectivity index (χ4v) is 5.72. The number of imidazole rings is 1. The van der Waals surface area contributed by atoms with Crippen molar-refractivity contribution < 1.29 is 27.5 Å². The van der Waals surface area contributed by atoms with Crippen molar-refractivity contribution in [3.63, 3.8) is 0 Å². The fraction of sp³-hybridized carbons (Fsp3) is 0.517. The average molecular weight is 558 g/mol. The molecule has 1 aliphatic carbocycles. The molecule has 1 aliphatic heterocycles. The van der Waals surface area contributed by atoms with Crippen LogP contribution in [0, 0.1) is 23.7 Å². The molecule has 40 heavy (non-hydrogen) atoms. The van der Waals surface area contributed by atoms with E-state index < -0.39 is 36.6 Å². The zero-order chi connectivity index (χ0) is 28.3. The summed E-state index contributed by atoms with van der Waals surface area (Å²) in [5.74, 6) is -1.97. The van der Waals surface area contributed by atoms with Crippen molar-refractivity contribution in [1.82, 2.24) is 25.2 Å². The zero-order valence-corrected chi connectivity index (χ0v) is 22.4. The van der Waals surface area contributed by atoms with Gasteiger partial charge in [-0.2, -0.15) is 18.3 Å². The van der Waals surface area contributed by atoms with Crippen LogP contribution in [0.2, 0.25) is 0 Å². The Morgan fingerprint density at radius 1 is 1.15 bits per heavy atom. The maximum absolute atomic E-state index is 13.2. The number of carbonyl (C=O) groups excluding carboxylic acids is 2. The van der Waals surface area contributed by atoms with Gasteiger partial charge in [0.25, 0.3) is 0 Å². The number of piperidine rings is 1. The van der Waals surface area contributed by atoms with Crippen LogP contribution in [-0.4, -0.2) is 39.3 Å². The van der Waals surface area contributed by atoms with Crippen molar-refractivity contribution in [2.45, 2.75) is 64.3 Å². The first-order valence-electron chi connectivity index (χ1n) is 13.8. The van der Waals surface area contributed by atoms with Crippen LogP contribution >= 0.6 is 0 Å². The molecule has 2 aliphatic rings. The number of hydrogen-bond acceptors (Lipinski definition) is 5. The topological polar surface area (TPSA) is 97.6 Å². The minimum Gasteiger partial charge on any atom is -0.445 e. The summed E-state index contributed by atoms with van der Waals surface area (Å²) in [5.41, 5.74) is 2.58. The summed E-state index contributed by atoms with van der Waals surface area (Å²) < 4.78 is 46.8. The summed E-state index contributed by atoms with van der Waals surface area (Å²) in [6, 6.07) is 12.5. The molecule has 2 fully saturated rings. The number of amides is 2. The van der Waals surface area contributed by atoms with Gasteiger partial charge in [0, 0.05) is 18.9 Å². The third-order valence-corrected chi connectivity index (χ3v) is 8.11. The minimum absolute atomic E-state index is 0.0931. The standard InChI is InChI=1S/C29H34F3N5O3/c1-18-7-9-20(10-8-18)26(35-28(39)40-17-19-5-3-2-4-6-19)24-16-37-25(34-24)12-11-23(36-37)14-21-13-22(29(30,31)32)15-33-27(21)38/h2-6,11-12,16,18,20-22,26H,7-10,13-15,17H2,1H3,(H,33,38)(H,35,39)/t18?,20?,21?,22-,26+/m1/s1. The molecule has 11 heteroatoms. The van der Waals surface area contributed by atoms with Gasteiger partial charge < -0.3 is 15.4 Å². The van der Waals surface area contributed by atoms with Crippen molar-refractivity contribution in [2.24, 2.45) is 23.7 Å². The predicted octanol–water partition coefficient (Wildman–Crippen LogP) is 5.38. The Hall–Kier alpha value is -3.63. The number of alkyl halides is 3. The number of benzene rings is 1. The number of rotatable bonds is 7. The van der Waals surface area contributed by atoms with E-state index in [1.165, 1.54) is 0 Å². The van der Waals surface area contributed by atoms with Gasteiger partial charge in [-0.15, -0.1) is 0 Å². The molecular formula is C29H34F3N5O3. The number of nitrogens with one attached hydrogen (secondary N) is 2. The highest BCUT2D eigenvalue weighted by atomic mass is 19.4. The maximum Gasteiger partial charge on any atom is 0.408 e. The minimum atomic E-state index is -4.36. The lowest BCUT2D eigenvalue weighted by Crippen LogP contribution is -2.47. The molecule has 3 heterocycles. The van der Waals surface area contributed by atoms with E-state index in [1.54, 1.807) is 22.8 Å². The van der Waals surface area contributed by atoms with Gasteiger partial charge in [0.05, 0.1) is 29.5 Å². The van der Waals surface area contributed by atoms with Crippen LogP contribution in [0.4, 0.5) is 18.0 Å². The highest BCUT2D eigenvalue weighted by molar-refractivity contribution is 5.79. The van der Waals surface area contributed by atoms with Crippen molar-refractivity contribution in [3.8, 4) is 0 Å². The molecule has 2 amide bonds. The normalized spacial score (nSPS) is 24.4. The van der Waals surface area contributed by atoms with Crippen LogP contribution in [-0.2, 0) is 22.6 Å². The first-order valence-corrected chi connectivity index (χ1v) is 13.8. The van der Waals surface area contributed by atoms with Gasteiger partial charge in [0.1, 0.15) is 6.61 Å². The Morgan fingerprint density at radius 3 is 2.62 bits per heavy atom. The van der Waals surface area contributed by atoms with E-state index in [2.05, 4.69) is 22.7 Å². The van der Waals surface area contributed by atoms with Crippen LogP contribution in [0.15, 0.2) is 48.7 Å². The van der Waals surface area contributed by atoms with Crippen molar-refractivity contribution >= 4 is 17.6 Å².